The second kappa shape index (κ2) is 5.65. The molecule has 1 aromatic rings. The van der Waals surface area contributed by atoms with Crippen LogP contribution in [-0.2, 0) is 4.79 Å². The highest BCUT2D eigenvalue weighted by atomic mass is 79.9. The van der Waals surface area contributed by atoms with Crippen LogP contribution in [0.3, 0.4) is 0 Å². The van der Waals surface area contributed by atoms with Gasteiger partial charge in [-0.15, -0.1) is 0 Å². The molecule has 4 nitrogen and oxygen atoms in total. The van der Waals surface area contributed by atoms with Gasteiger partial charge in [-0.2, -0.15) is 0 Å². The van der Waals surface area contributed by atoms with Gasteiger partial charge in [0.05, 0.1) is 0 Å². The smallest absolute Gasteiger partial charge is 0.251 e. The molecule has 16 heavy (non-hydrogen) atoms. The Morgan fingerprint density at radius 3 is 2.31 bits per heavy atom. The van der Waals surface area contributed by atoms with E-state index in [1.807, 2.05) is 0 Å². The van der Waals surface area contributed by atoms with E-state index in [0.717, 1.165) is 4.47 Å². The average Bonchev–Trinajstić information content (AvgIpc) is 2.28. The number of hydrogen-bond donors (Lipinski definition) is 2. The van der Waals surface area contributed by atoms with Crippen molar-refractivity contribution in [2.24, 2.45) is 0 Å². The van der Waals surface area contributed by atoms with Crippen LogP contribution in [0.25, 0.3) is 0 Å². The van der Waals surface area contributed by atoms with Crippen LogP contribution in [0.15, 0.2) is 28.7 Å². The fourth-order valence-corrected chi connectivity index (χ4v) is 1.43. The Bertz CT molecular complexity index is 389. The highest BCUT2D eigenvalue weighted by Gasteiger charge is 2.14. The van der Waals surface area contributed by atoms with E-state index < -0.39 is 6.04 Å². The number of amides is 2. The Morgan fingerprint density at radius 2 is 1.81 bits per heavy atom. The van der Waals surface area contributed by atoms with Crippen molar-refractivity contribution in [1.29, 1.82) is 0 Å². The van der Waals surface area contributed by atoms with Crippen LogP contribution >= 0.6 is 15.9 Å². The van der Waals surface area contributed by atoms with Gasteiger partial charge in [0.15, 0.2) is 0 Å². The molecule has 0 radical (unpaired) electrons. The van der Waals surface area contributed by atoms with Crippen LogP contribution in [-0.4, -0.2) is 24.9 Å². The van der Waals surface area contributed by atoms with E-state index in [2.05, 4.69) is 26.6 Å². The first-order valence-electron chi connectivity index (χ1n) is 4.82. The summed E-state index contributed by atoms with van der Waals surface area (Å²) in [6.45, 7) is 1.63. The molecule has 1 rings (SSSR count). The van der Waals surface area contributed by atoms with Crippen molar-refractivity contribution in [3.63, 3.8) is 0 Å². The van der Waals surface area contributed by atoms with E-state index >= 15 is 0 Å². The maximum absolute atomic E-state index is 11.7. The fourth-order valence-electron chi connectivity index (χ4n) is 1.16. The van der Waals surface area contributed by atoms with Crippen LogP contribution in [0.2, 0.25) is 0 Å². The minimum atomic E-state index is -0.541. The zero-order valence-corrected chi connectivity index (χ0v) is 10.7. The number of hydrogen-bond acceptors (Lipinski definition) is 2. The Hall–Kier alpha value is -1.36. The van der Waals surface area contributed by atoms with Crippen molar-refractivity contribution in [3.05, 3.63) is 34.3 Å². The molecule has 1 aromatic carbocycles. The van der Waals surface area contributed by atoms with Crippen LogP contribution < -0.4 is 10.6 Å². The van der Waals surface area contributed by atoms with E-state index in [0.29, 0.717) is 5.56 Å². The van der Waals surface area contributed by atoms with Crippen molar-refractivity contribution in [2.75, 3.05) is 7.05 Å². The van der Waals surface area contributed by atoms with Gasteiger partial charge < -0.3 is 10.6 Å². The Balaban J connectivity index is 2.65. The number of nitrogens with one attached hydrogen (secondary N) is 2. The molecule has 0 aromatic heterocycles. The molecule has 0 bridgehead atoms. The number of halogens is 1. The monoisotopic (exact) mass is 284 g/mol. The molecule has 0 heterocycles. The van der Waals surface area contributed by atoms with Gasteiger partial charge in [-0.1, -0.05) is 15.9 Å². The SMILES string of the molecule is CNC(=O)C(C)NC(=O)c1ccc(Br)cc1. The van der Waals surface area contributed by atoms with Crippen LogP contribution in [0.1, 0.15) is 17.3 Å². The topological polar surface area (TPSA) is 58.2 Å². The number of carbonyl (C=O) groups excluding carboxylic acids is 2. The van der Waals surface area contributed by atoms with Gasteiger partial charge in [0, 0.05) is 17.1 Å². The van der Waals surface area contributed by atoms with Gasteiger partial charge in [-0.3, -0.25) is 9.59 Å². The van der Waals surface area contributed by atoms with E-state index in [9.17, 15) is 9.59 Å². The molecule has 86 valence electrons. The van der Waals surface area contributed by atoms with Crippen molar-refractivity contribution < 1.29 is 9.59 Å². The van der Waals surface area contributed by atoms with E-state index in [1.54, 1.807) is 31.2 Å². The summed E-state index contributed by atoms with van der Waals surface area (Å²) in [5, 5.41) is 5.07. The molecule has 1 unspecified atom stereocenters. The van der Waals surface area contributed by atoms with Crippen molar-refractivity contribution in [3.8, 4) is 0 Å². The van der Waals surface area contributed by atoms with Gasteiger partial charge in [-0.25, -0.2) is 0 Å². The summed E-state index contributed by atoms with van der Waals surface area (Å²) in [7, 11) is 1.53. The summed E-state index contributed by atoms with van der Waals surface area (Å²) >= 11 is 3.28. The van der Waals surface area contributed by atoms with Gasteiger partial charge in [0.2, 0.25) is 5.91 Å². The van der Waals surface area contributed by atoms with Gasteiger partial charge in [-0.05, 0) is 31.2 Å². The summed E-state index contributed by atoms with van der Waals surface area (Å²) in [6.07, 6.45) is 0. The predicted molar refractivity (Wildman–Crippen MR) is 65.1 cm³/mol. The maximum atomic E-state index is 11.7. The van der Waals surface area contributed by atoms with Crippen LogP contribution in [0.5, 0.6) is 0 Å². The largest absolute Gasteiger partial charge is 0.357 e. The second-order valence-electron chi connectivity index (χ2n) is 3.32. The molecule has 5 heteroatoms. The lowest BCUT2D eigenvalue weighted by molar-refractivity contribution is -0.122. The first-order valence-corrected chi connectivity index (χ1v) is 5.62. The summed E-state index contributed by atoms with van der Waals surface area (Å²) in [5.74, 6) is -0.478. The fraction of sp³-hybridized carbons (Fsp3) is 0.273. The van der Waals surface area contributed by atoms with Crippen LogP contribution in [0, 0.1) is 0 Å². The third-order valence-electron chi connectivity index (χ3n) is 2.09. The molecule has 2 amide bonds. The molecule has 2 N–H and O–H groups in total. The summed E-state index contributed by atoms with van der Waals surface area (Å²) in [6, 6.07) is 6.39. The Labute approximate surface area is 103 Å². The van der Waals surface area contributed by atoms with E-state index in [-0.39, 0.29) is 11.8 Å². The number of rotatable bonds is 3. The van der Waals surface area contributed by atoms with Gasteiger partial charge in [0.1, 0.15) is 6.04 Å². The summed E-state index contributed by atoms with van der Waals surface area (Å²) in [4.78, 5) is 22.9. The number of benzene rings is 1. The second-order valence-corrected chi connectivity index (χ2v) is 4.23. The molecule has 0 aliphatic carbocycles. The maximum Gasteiger partial charge on any atom is 0.251 e. The number of likely N-dealkylation sites (N-methyl/N-ethyl adjacent to an activating group) is 1. The molecule has 0 saturated carbocycles. The zero-order chi connectivity index (χ0) is 12.1. The molecule has 0 saturated heterocycles. The molecule has 0 aliphatic rings. The van der Waals surface area contributed by atoms with Crippen LogP contribution in [0.4, 0.5) is 0 Å². The molecular weight excluding hydrogens is 272 g/mol. The number of carbonyl (C=O) groups is 2. The standard InChI is InChI=1S/C11H13BrN2O2/c1-7(10(15)13-2)14-11(16)8-3-5-9(12)6-4-8/h3-7H,1-2H3,(H,13,15)(H,14,16). The molecule has 0 spiro atoms. The lowest BCUT2D eigenvalue weighted by Crippen LogP contribution is -2.43. The quantitative estimate of drug-likeness (QED) is 0.879. The highest BCUT2D eigenvalue weighted by molar-refractivity contribution is 9.10. The summed E-state index contributed by atoms with van der Waals surface area (Å²) < 4.78 is 0.906. The molecule has 0 fully saturated rings. The molecule has 0 aliphatic heterocycles. The first kappa shape index (κ1) is 12.7. The third kappa shape index (κ3) is 3.34. The first-order chi connectivity index (χ1) is 7.54. The lowest BCUT2D eigenvalue weighted by atomic mass is 10.2. The Morgan fingerprint density at radius 1 is 1.25 bits per heavy atom. The van der Waals surface area contributed by atoms with E-state index in [1.165, 1.54) is 7.05 Å². The normalized spacial score (nSPS) is 11.7. The zero-order valence-electron chi connectivity index (χ0n) is 9.08. The van der Waals surface area contributed by atoms with E-state index in [4.69, 9.17) is 0 Å². The highest BCUT2D eigenvalue weighted by Crippen LogP contribution is 2.10. The van der Waals surface area contributed by atoms with Gasteiger partial charge in [0.25, 0.3) is 5.91 Å². The summed E-state index contributed by atoms with van der Waals surface area (Å²) in [5.41, 5.74) is 0.527. The average molecular weight is 285 g/mol. The minimum Gasteiger partial charge on any atom is -0.357 e. The molecular formula is C11H13BrN2O2. The predicted octanol–water partition coefficient (Wildman–Crippen LogP) is 1.31. The third-order valence-corrected chi connectivity index (χ3v) is 2.62. The molecule has 1 atom stereocenters. The van der Waals surface area contributed by atoms with Crippen molar-refractivity contribution >= 4 is 27.7 Å². The van der Waals surface area contributed by atoms with Crippen molar-refractivity contribution in [2.45, 2.75) is 13.0 Å². The Kier molecular flexibility index (Phi) is 4.49. The minimum absolute atomic E-state index is 0.217. The lowest BCUT2D eigenvalue weighted by Gasteiger charge is -2.12. The van der Waals surface area contributed by atoms with Crippen molar-refractivity contribution in [1.82, 2.24) is 10.6 Å². The van der Waals surface area contributed by atoms with Gasteiger partial charge >= 0.3 is 0 Å².